The minimum Gasteiger partial charge on any atom is -0.345 e. The van der Waals surface area contributed by atoms with E-state index in [-0.39, 0.29) is 5.91 Å². The highest BCUT2D eigenvalue weighted by Gasteiger charge is 1.97. The molecule has 82 valence electrons. The molecule has 0 aromatic rings. The lowest BCUT2D eigenvalue weighted by Crippen LogP contribution is -2.22. The van der Waals surface area contributed by atoms with Gasteiger partial charge in [0.1, 0.15) is 0 Å². The molecule has 0 rings (SSSR count). The van der Waals surface area contributed by atoms with E-state index < -0.39 is 0 Å². The molecule has 0 bridgehead atoms. The van der Waals surface area contributed by atoms with Crippen molar-refractivity contribution in [3.05, 3.63) is 12.2 Å². The van der Waals surface area contributed by atoms with E-state index in [1.807, 2.05) is 6.08 Å². The Kier molecular flexibility index (Phi) is 7.11. The van der Waals surface area contributed by atoms with Gasteiger partial charge < -0.3 is 10.2 Å². The Balaban J connectivity index is 3.49. The maximum Gasteiger partial charge on any atom is 0.245 e. The SMILES string of the molecule is CCC(C)CNC/C=C/C(=O)N(C)C. The largest absolute Gasteiger partial charge is 0.345 e. The van der Waals surface area contributed by atoms with Crippen LogP contribution in [-0.2, 0) is 4.79 Å². The smallest absolute Gasteiger partial charge is 0.245 e. The van der Waals surface area contributed by atoms with Gasteiger partial charge in [0.2, 0.25) is 5.91 Å². The first-order chi connectivity index (χ1) is 6.57. The van der Waals surface area contributed by atoms with Gasteiger partial charge in [0.15, 0.2) is 0 Å². The second-order valence-electron chi connectivity index (χ2n) is 3.81. The Bertz CT molecular complexity index is 188. The molecule has 3 heteroatoms. The maximum atomic E-state index is 11.1. The molecule has 0 aliphatic heterocycles. The van der Waals surface area contributed by atoms with E-state index >= 15 is 0 Å². The number of carbonyl (C=O) groups excluding carboxylic acids is 1. The van der Waals surface area contributed by atoms with E-state index in [9.17, 15) is 4.79 Å². The molecule has 0 aromatic heterocycles. The summed E-state index contributed by atoms with van der Waals surface area (Å²) in [5.74, 6) is 0.739. The fraction of sp³-hybridized carbons (Fsp3) is 0.727. The minimum absolute atomic E-state index is 0.0374. The molecule has 1 unspecified atom stereocenters. The molecule has 0 fully saturated rings. The molecule has 1 N–H and O–H groups in total. The van der Waals surface area contributed by atoms with Crippen molar-refractivity contribution in [1.29, 1.82) is 0 Å². The molecular weight excluding hydrogens is 176 g/mol. The number of likely N-dealkylation sites (N-methyl/N-ethyl adjacent to an activating group) is 1. The van der Waals surface area contributed by atoms with Crippen LogP contribution in [-0.4, -0.2) is 38.0 Å². The van der Waals surface area contributed by atoms with Gasteiger partial charge in [-0.25, -0.2) is 0 Å². The molecule has 0 spiro atoms. The summed E-state index contributed by atoms with van der Waals surface area (Å²) in [6, 6.07) is 0. The molecule has 0 aromatic carbocycles. The van der Waals surface area contributed by atoms with E-state index in [4.69, 9.17) is 0 Å². The monoisotopic (exact) mass is 198 g/mol. The third-order valence-corrected chi connectivity index (χ3v) is 2.15. The quantitative estimate of drug-likeness (QED) is 0.515. The van der Waals surface area contributed by atoms with Gasteiger partial charge in [-0.3, -0.25) is 4.79 Å². The number of nitrogens with one attached hydrogen (secondary N) is 1. The van der Waals surface area contributed by atoms with E-state index in [0.717, 1.165) is 13.1 Å². The second kappa shape index (κ2) is 7.56. The van der Waals surface area contributed by atoms with E-state index in [2.05, 4.69) is 19.2 Å². The zero-order valence-electron chi connectivity index (χ0n) is 9.71. The summed E-state index contributed by atoms with van der Waals surface area (Å²) in [5.41, 5.74) is 0. The lowest BCUT2D eigenvalue weighted by molar-refractivity contribution is -0.123. The Hall–Kier alpha value is -0.830. The molecule has 0 heterocycles. The van der Waals surface area contributed by atoms with Crippen molar-refractivity contribution < 1.29 is 4.79 Å². The summed E-state index contributed by atoms with van der Waals surface area (Å²) in [5, 5.41) is 3.27. The number of rotatable bonds is 6. The fourth-order valence-corrected chi connectivity index (χ4v) is 0.866. The van der Waals surface area contributed by atoms with Crippen LogP contribution in [0.2, 0.25) is 0 Å². The third kappa shape index (κ3) is 6.66. The molecule has 0 saturated heterocycles. The summed E-state index contributed by atoms with van der Waals surface area (Å²) in [7, 11) is 3.50. The Morgan fingerprint density at radius 1 is 1.50 bits per heavy atom. The van der Waals surface area contributed by atoms with Crippen molar-refractivity contribution in [3.63, 3.8) is 0 Å². The summed E-state index contributed by atoms with van der Waals surface area (Å²) in [4.78, 5) is 12.7. The highest BCUT2D eigenvalue weighted by Crippen LogP contribution is 1.96. The number of amides is 1. The second-order valence-corrected chi connectivity index (χ2v) is 3.81. The Labute approximate surface area is 87.2 Å². The first-order valence-corrected chi connectivity index (χ1v) is 5.16. The Morgan fingerprint density at radius 3 is 2.64 bits per heavy atom. The highest BCUT2D eigenvalue weighted by atomic mass is 16.2. The molecule has 1 atom stereocenters. The summed E-state index contributed by atoms with van der Waals surface area (Å²) in [6.07, 6.45) is 4.65. The van der Waals surface area contributed by atoms with Gasteiger partial charge in [0, 0.05) is 26.7 Å². The van der Waals surface area contributed by atoms with Gasteiger partial charge >= 0.3 is 0 Å². The third-order valence-electron chi connectivity index (χ3n) is 2.15. The number of carbonyl (C=O) groups is 1. The van der Waals surface area contributed by atoms with E-state index in [1.54, 1.807) is 25.1 Å². The molecule has 0 aliphatic carbocycles. The van der Waals surface area contributed by atoms with Gasteiger partial charge in [-0.2, -0.15) is 0 Å². The van der Waals surface area contributed by atoms with Gasteiger partial charge in [0.25, 0.3) is 0 Å². The van der Waals surface area contributed by atoms with Crippen LogP contribution in [0.25, 0.3) is 0 Å². The Morgan fingerprint density at radius 2 is 2.14 bits per heavy atom. The van der Waals surface area contributed by atoms with E-state index in [1.165, 1.54) is 6.42 Å². The van der Waals surface area contributed by atoms with Gasteiger partial charge in [-0.1, -0.05) is 26.3 Å². The van der Waals surface area contributed by atoms with Crippen LogP contribution in [0.3, 0.4) is 0 Å². The van der Waals surface area contributed by atoms with Crippen LogP contribution in [0.1, 0.15) is 20.3 Å². The maximum absolute atomic E-state index is 11.1. The van der Waals surface area contributed by atoms with Crippen LogP contribution in [0.5, 0.6) is 0 Å². The van der Waals surface area contributed by atoms with E-state index in [0.29, 0.717) is 5.92 Å². The highest BCUT2D eigenvalue weighted by molar-refractivity contribution is 5.87. The molecule has 0 aliphatic rings. The van der Waals surface area contributed by atoms with Gasteiger partial charge in [0.05, 0.1) is 0 Å². The lowest BCUT2D eigenvalue weighted by Gasteiger charge is -2.08. The minimum atomic E-state index is 0.0374. The van der Waals surface area contributed by atoms with Crippen molar-refractivity contribution >= 4 is 5.91 Å². The molecule has 3 nitrogen and oxygen atoms in total. The molecular formula is C11H22N2O. The zero-order chi connectivity index (χ0) is 11.0. The van der Waals surface area contributed by atoms with Crippen molar-refractivity contribution in [3.8, 4) is 0 Å². The van der Waals surface area contributed by atoms with Crippen LogP contribution in [0.15, 0.2) is 12.2 Å². The summed E-state index contributed by atoms with van der Waals surface area (Å²) in [6.45, 7) is 6.17. The number of nitrogens with zero attached hydrogens (tertiary/aromatic N) is 1. The normalized spacial score (nSPS) is 13.1. The topological polar surface area (TPSA) is 32.3 Å². The van der Waals surface area contributed by atoms with Crippen molar-refractivity contribution in [1.82, 2.24) is 10.2 Å². The molecule has 1 amide bonds. The fourth-order valence-electron chi connectivity index (χ4n) is 0.866. The van der Waals surface area contributed by atoms with Crippen LogP contribution in [0, 0.1) is 5.92 Å². The predicted octanol–water partition coefficient (Wildman–Crippen LogP) is 1.27. The van der Waals surface area contributed by atoms with Crippen molar-refractivity contribution in [2.24, 2.45) is 5.92 Å². The lowest BCUT2D eigenvalue weighted by atomic mass is 10.1. The summed E-state index contributed by atoms with van der Waals surface area (Å²) >= 11 is 0. The van der Waals surface area contributed by atoms with Crippen LogP contribution in [0.4, 0.5) is 0 Å². The summed E-state index contributed by atoms with van der Waals surface area (Å²) < 4.78 is 0. The standard InChI is InChI=1S/C11H22N2O/c1-5-10(2)9-12-8-6-7-11(14)13(3)4/h6-7,10,12H,5,8-9H2,1-4H3/b7-6+. The van der Waals surface area contributed by atoms with Gasteiger partial charge in [-0.15, -0.1) is 0 Å². The first-order valence-electron chi connectivity index (χ1n) is 5.16. The van der Waals surface area contributed by atoms with Crippen LogP contribution >= 0.6 is 0 Å². The van der Waals surface area contributed by atoms with Crippen molar-refractivity contribution in [2.75, 3.05) is 27.2 Å². The number of hydrogen-bond acceptors (Lipinski definition) is 2. The number of hydrogen-bond donors (Lipinski definition) is 1. The average Bonchev–Trinajstić information content (AvgIpc) is 2.16. The zero-order valence-corrected chi connectivity index (χ0v) is 9.71. The van der Waals surface area contributed by atoms with Crippen molar-refractivity contribution in [2.45, 2.75) is 20.3 Å². The first kappa shape index (κ1) is 13.2. The van der Waals surface area contributed by atoms with Crippen LogP contribution < -0.4 is 5.32 Å². The molecule has 14 heavy (non-hydrogen) atoms. The predicted molar refractivity (Wildman–Crippen MR) is 60.2 cm³/mol. The average molecular weight is 198 g/mol. The molecule has 0 saturated carbocycles. The van der Waals surface area contributed by atoms with Gasteiger partial charge in [-0.05, 0) is 12.5 Å². The molecule has 0 radical (unpaired) electrons.